The summed E-state index contributed by atoms with van der Waals surface area (Å²) in [7, 11) is 0. The summed E-state index contributed by atoms with van der Waals surface area (Å²) in [6.45, 7) is 37.8. The average Bonchev–Trinajstić information content (AvgIpc) is 2.87. The van der Waals surface area contributed by atoms with Crippen LogP contribution in [0, 0.1) is 0 Å². The third kappa shape index (κ3) is 82.1. The van der Waals surface area contributed by atoms with Crippen LogP contribution in [0.25, 0.3) is 0 Å². The van der Waals surface area contributed by atoms with Crippen molar-refractivity contribution in [2.24, 2.45) is 0 Å². The Balaban J connectivity index is -0.000000114. The highest BCUT2D eigenvalue weighted by Crippen LogP contribution is 2.02. The molecule has 0 aliphatic rings. The summed E-state index contributed by atoms with van der Waals surface area (Å²) in [4.78, 5) is 20.2. The second-order valence-electron chi connectivity index (χ2n) is 13.3. The van der Waals surface area contributed by atoms with Crippen molar-refractivity contribution in [3.05, 3.63) is 0 Å². The van der Waals surface area contributed by atoms with E-state index >= 15 is 0 Å². The van der Waals surface area contributed by atoms with Crippen molar-refractivity contribution in [3.63, 3.8) is 0 Å². The van der Waals surface area contributed by atoms with Crippen molar-refractivity contribution < 1.29 is 58.4 Å². The Labute approximate surface area is 301 Å². The molecule has 12 heteroatoms. The van der Waals surface area contributed by atoms with Gasteiger partial charge in [0.05, 0.1) is 93.2 Å². The van der Waals surface area contributed by atoms with Crippen molar-refractivity contribution >= 4 is 11.9 Å². The molecule has 0 aliphatic heterocycles. The second kappa shape index (κ2) is 41.0. The van der Waals surface area contributed by atoms with Crippen molar-refractivity contribution in [1.82, 2.24) is 0 Å². The zero-order chi connectivity index (χ0) is 40.3. The lowest BCUT2D eigenvalue weighted by Crippen LogP contribution is -2.17. The molecule has 0 spiro atoms. The lowest BCUT2D eigenvalue weighted by Gasteiger charge is -2.13. The first-order valence-electron chi connectivity index (χ1n) is 17.8. The third-order valence-electron chi connectivity index (χ3n) is 4.50. The predicted octanol–water partition coefficient (Wildman–Crippen LogP) is 7.38. The van der Waals surface area contributed by atoms with E-state index in [1.807, 2.05) is 118 Å². The number of rotatable bonds is 18. The highest BCUT2D eigenvalue weighted by molar-refractivity contribution is 5.67. The number of hydrogen-bond acceptors (Lipinski definition) is 10. The third-order valence-corrected chi connectivity index (χ3v) is 4.50. The summed E-state index contributed by atoms with van der Waals surface area (Å²) in [6, 6.07) is 0. The number of ether oxygens (including phenoxy) is 6. The molecule has 0 fully saturated rings. The maximum absolute atomic E-state index is 10.1. The molecule has 0 aromatic rings. The van der Waals surface area contributed by atoms with Gasteiger partial charge in [-0.05, 0) is 132 Å². The standard InChI is InChI=1S/2C7H14O3.2C6H14O2.C6H14O.C5H12O/c2*1-5(2)10-6(3)4-7(8)9;2*1-5(2)8-6(3)4-7;1-5(2)7-6(3)4;1-4-6-5(2)3/h2*5-6H,4H2,1-3H3,(H,8,9);2*5-7H,4H2,1-3H3;5-6H,1-4H3;5H,4H2,1-3H3/t4*6-;;/m1010../s1. The van der Waals surface area contributed by atoms with Gasteiger partial charge >= 0.3 is 11.9 Å². The predicted molar refractivity (Wildman–Crippen MR) is 200 cm³/mol. The van der Waals surface area contributed by atoms with E-state index in [1.54, 1.807) is 13.8 Å². The van der Waals surface area contributed by atoms with Gasteiger partial charge in [0.15, 0.2) is 0 Å². The molecule has 0 unspecified atom stereocenters. The van der Waals surface area contributed by atoms with E-state index in [0.717, 1.165) is 6.61 Å². The molecule has 49 heavy (non-hydrogen) atoms. The first-order chi connectivity index (χ1) is 22.3. The SMILES string of the molecule is CC(C)OC(C)C.CC(C)O[C@@H](C)CC(=O)O.CC(C)O[C@@H](C)CO.CC(C)O[C@H](C)CC(=O)O.CC(C)O[C@H](C)CO.CCOC(C)C. The van der Waals surface area contributed by atoms with Gasteiger partial charge in [-0.3, -0.25) is 9.59 Å². The molecule has 302 valence electrons. The Morgan fingerprint density at radius 1 is 0.408 bits per heavy atom. The fourth-order valence-electron chi connectivity index (χ4n) is 3.41. The number of hydrogen-bond donors (Lipinski definition) is 4. The van der Waals surface area contributed by atoms with E-state index in [4.69, 9.17) is 48.8 Å². The fraction of sp³-hybridized carbons (Fsp3) is 0.946. The maximum Gasteiger partial charge on any atom is 0.305 e. The number of aliphatic hydroxyl groups excluding tert-OH is 2. The van der Waals surface area contributed by atoms with Gasteiger partial charge in [0.2, 0.25) is 0 Å². The number of carbonyl (C=O) groups is 2. The average molecular weight is 719 g/mol. The zero-order valence-corrected chi connectivity index (χ0v) is 34.9. The molecular formula is C37H82O12. The van der Waals surface area contributed by atoms with Crippen LogP contribution in [0.2, 0.25) is 0 Å². The monoisotopic (exact) mass is 719 g/mol. The summed E-state index contributed by atoms with van der Waals surface area (Å²) in [5.74, 6) is -1.62. The summed E-state index contributed by atoms with van der Waals surface area (Å²) >= 11 is 0. The van der Waals surface area contributed by atoms with Crippen LogP contribution in [0.5, 0.6) is 0 Å². The van der Waals surface area contributed by atoms with Gasteiger partial charge in [-0.15, -0.1) is 0 Å². The molecule has 0 radical (unpaired) electrons. The highest BCUT2D eigenvalue weighted by Gasteiger charge is 2.09. The van der Waals surface area contributed by atoms with Crippen LogP contribution in [0.3, 0.4) is 0 Å². The van der Waals surface area contributed by atoms with Gasteiger partial charge in [-0.2, -0.15) is 0 Å². The van der Waals surface area contributed by atoms with Gasteiger partial charge in [0.25, 0.3) is 0 Å². The normalized spacial score (nSPS) is 13.1. The van der Waals surface area contributed by atoms with Gasteiger partial charge < -0.3 is 48.8 Å². The van der Waals surface area contributed by atoms with E-state index in [2.05, 4.69) is 0 Å². The summed E-state index contributed by atoms with van der Waals surface area (Å²) in [6.07, 6.45) is 1.56. The molecule has 4 atom stereocenters. The first kappa shape index (κ1) is 59.7. The lowest BCUT2D eigenvalue weighted by atomic mass is 10.3. The van der Waals surface area contributed by atoms with Crippen molar-refractivity contribution in [2.75, 3.05) is 19.8 Å². The van der Waals surface area contributed by atoms with Crippen molar-refractivity contribution in [3.8, 4) is 0 Å². The minimum atomic E-state index is -0.812. The summed E-state index contributed by atoms with van der Waals surface area (Å²) in [5.41, 5.74) is 0. The second-order valence-corrected chi connectivity index (χ2v) is 13.3. The number of aliphatic hydroxyl groups is 2. The van der Waals surface area contributed by atoms with Crippen LogP contribution < -0.4 is 0 Å². The van der Waals surface area contributed by atoms with Gasteiger partial charge in [0.1, 0.15) is 0 Å². The number of carboxylic acids is 2. The van der Waals surface area contributed by atoms with E-state index in [-0.39, 0.29) is 74.9 Å². The van der Waals surface area contributed by atoms with Gasteiger partial charge in [-0.25, -0.2) is 0 Å². The van der Waals surface area contributed by atoms with E-state index in [9.17, 15) is 9.59 Å². The minimum absolute atomic E-state index is 0.0185. The Kier molecular flexibility index (Phi) is 50.0. The van der Waals surface area contributed by atoms with Crippen LogP contribution in [-0.4, -0.2) is 119 Å². The molecule has 0 bridgehead atoms. The molecule has 0 heterocycles. The molecule has 4 N–H and O–H groups in total. The maximum atomic E-state index is 10.1. The van der Waals surface area contributed by atoms with Gasteiger partial charge in [-0.1, -0.05) is 0 Å². The van der Waals surface area contributed by atoms with E-state index < -0.39 is 11.9 Å². The Morgan fingerprint density at radius 3 is 0.714 bits per heavy atom. The van der Waals surface area contributed by atoms with Crippen molar-refractivity contribution in [2.45, 2.75) is 212 Å². The molecule has 0 saturated heterocycles. The molecule has 12 nitrogen and oxygen atoms in total. The first-order valence-corrected chi connectivity index (χ1v) is 17.8. The molecule has 0 amide bonds. The van der Waals surface area contributed by atoms with Crippen LogP contribution in [0.15, 0.2) is 0 Å². The quantitative estimate of drug-likeness (QED) is 0.111. The fourth-order valence-corrected chi connectivity index (χ4v) is 3.41. The van der Waals surface area contributed by atoms with Crippen LogP contribution in [0.1, 0.15) is 144 Å². The summed E-state index contributed by atoms with van der Waals surface area (Å²) in [5, 5.41) is 33.6. The Morgan fingerprint density at radius 2 is 0.633 bits per heavy atom. The largest absolute Gasteiger partial charge is 0.481 e. The summed E-state index contributed by atoms with van der Waals surface area (Å²) < 4.78 is 31.0. The molecule has 0 aromatic carbocycles. The van der Waals surface area contributed by atoms with Gasteiger partial charge in [0, 0.05) is 6.61 Å². The lowest BCUT2D eigenvalue weighted by molar-refractivity contribution is -0.141. The van der Waals surface area contributed by atoms with E-state index in [0.29, 0.717) is 18.3 Å². The Hall–Kier alpha value is -1.38. The van der Waals surface area contributed by atoms with Crippen molar-refractivity contribution in [1.29, 1.82) is 0 Å². The number of aliphatic carboxylic acids is 2. The zero-order valence-electron chi connectivity index (χ0n) is 34.9. The highest BCUT2D eigenvalue weighted by atomic mass is 16.5. The molecule has 0 aromatic heterocycles. The molecular weight excluding hydrogens is 636 g/mol. The Bertz CT molecular complexity index is 618. The molecule has 0 rings (SSSR count). The van der Waals surface area contributed by atoms with E-state index in [1.165, 1.54) is 0 Å². The molecule has 0 saturated carbocycles. The van der Waals surface area contributed by atoms with Crippen LogP contribution >= 0.6 is 0 Å². The molecule has 0 aliphatic carbocycles. The van der Waals surface area contributed by atoms with Crippen LogP contribution in [0.4, 0.5) is 0 Å². The smallest absolute Gasteiger partial charge is 0.305 e. The van der Waals surface area contributed by atoms with Crippen LogP contribution in [-0.2, 0) is 38.0 Å². The topological polar surface area (TPSA) is 170 Å². The minimum Gasteiger partial charge on any atom is -0.481 e. The number of carboxylic acid groups (broad SMARTS) is 2.